The number of imidazole rings is 1. The van der Waals surface area contributed by atoms with Crippen molar-refractivity contribution in [3.63, 3.8) is 0 Å². The molecule has 0 atom stereocenters. The molecule has 0 saturated heterocycles. The minimum Gasteiger partial charge on any atom is -0.382 e. The van der Waals surface area contributed by atoms with Crippen molar-refractivity contribution in [2.75, 3.05) is 17.7 Å². The molecule has 2 rings (SSSR count). The smallest absolute Gasteiger partial charge is 0.146 e. The Balaban J connectivity index is 2.55. The van der Waals surface area contributed by atoms with Crippen molar-refractivity contribution in [1.29, 1.82) is 0 Å². The molecule has 0 amide bonds. The maximum absolute atomic E-state index is 6.12. The molecule has 0 radical (unpaired) electrons. The molecule has 15 heavy (non-hydrogen) atoms. The standard InChI is InChI=1S/C10H12ClN3S/c1-15-6-5-7-10(12)13-9-4-2-3-8(11)14(7)9/h2-4H,5-6,12H2,1H3. The molecule has 80 valence electrons. The molecule has 3 nitrogen and oxygen atoms in total. The second-order valence-corrected chi connectivity index (χ2v) is 4.60. The Morgan fingerprint density at radius 3 is 3.07 bits per heavy atom. The number of rotatable bonds is 3. The van der Waals surface area contributed by atoms with Gasteiger partial charge >= 0.3 is 0 Å². The van der Waals surface area contributed by atoms with Gasteiger partial charge < -0.3 is 5.73 Å². The lowest BCUT2D eigenvalue weighted by Crippen LogP contribution is -1.99. The summed E-state index contributed by atoms with van der Waals surface area (Å²) in [5, 5.41) is 0.660. The van der Waals surface area contributed by atoms with E-state index in [2.05, 4.69) is 11.2 Å². The zero-order valence-electron chi connectivity index (χ0n) is 8.40. The maximum atomic E-state index is 6.12. The van der Waals surface area contributed by atoms with Gasteiger partial charge in [-0.3, -0.25) is 4.40 Å². The van der Waals surface area contributed by atoms with E-state index < -0.39 is 0 Å². The molecule has 2 aromatic rings. The molecule has 0 aliphatic carbocycles. The quantitative estimate of drug-likeness (QED) is 0.840. The van der Waals surface area contributed by atoms with Gasteiger partial charge in [0.25, 0.3) is 0 Å². The fourth-order valence-electron chi connectivity index (χ4n) is 1.57. The third-order valence-electron chi connectivity index (χ3n) is 2.27. The van der Waals surface area contributed by atoms with Crippen LogP contribution in [0.1, 0.15) is 5.69 Å². The number of hydrogen-bond donors (Lipinski definition) is 1. The van der Waals surface area contributed by atoms with Gasteiger partial charge in [-0.2, -0.15) is 11.8 Å². The zero-order chi connectivity index (χ0) is 10.8. The van der Waals surface area contributed by atoms with Crippen molar-refractivity contribution in [2.45, 2.75) is 6.42 Å². The summed E-state index contributed by atoms with van der Waals surface area (Å²) >= 11 is 7.90. The molecule has 0 aliphatic rings. The number of nitrogens with two attached hydrogens (primary N) is 1. The Morgan fingerprint density at radius 2 is 2.33 bits per heavy atom. The van der Waals surface area contributed by atoms with Crippen LogP contribution in [0.25, 0.3) is 5.65 Å². The average Bonchev–Trinajstić information content (AvgIpc) is 2.53. The lowest BCUT2D eigenvalue weighted by Gasteiger charge is -2.03. The van der Waals surface area contributed by atoms with E-state index in [4.69, 9.17) is 17.3 Å². The van der Waals surface area contributed by atoms with Crippen molar-refractivity contribution in [3.05, 3.63) is 29.0 Å². The van der Waals surface area contributed by atoms with Crippen LogP contribution < -0.4 is 5.73 Å². The highest BCUT2D eigenvalue weighted by Gasteiger charge is 2.10. The lowest BCUT2D eigenvalue weighted by molar-refractivity contribution is 1.01. The third kappa shape index (κ3) is 1.92. The Hall–Kier alpha value is -0.870. The fourth-order valence-corrected chi connectivity index (χ4v) is 2.23. The molecule has 0 aliphatic heterocycles. The van der Waals surface area contributed by atoms with Crippen LogP contribution in [0.5, 0.6) is 0 Å². The molecule has 0 saturated carbocycles. The van der Waals surface area contributed by atoms with E-state index >= 15 is 0 Å². The molecule has 2 aromatic heterocycles. The van der Waals surface area contributed by atoms with E-state index in [0.29, 0.717) is 11.0 Å². The minimum absolute atomic E-state index is 0.581. The van der Waals surface area contributed by atoms with Gasteiger partial charge in [-0.15, -0.1) is 0 Å². The number of thioether (sulfide) groups is 1. The summed E-state index contributed by atoms with van der Waals surface area (Å²) < 4.78 is 1.91. The third-order valence-corrected chi connectivity index (χ3v) is 3.17. The Bertz CT molecular complexity index is 481. The van der Waals surface area contributed by atoms with Crippen LogP contribution in [0.4, 0.5) is 5.82 Å². The van der Waals surface area contributed by atoms with Gasteiger partial charge in [0.1, 0.15) is 16.6 Å². The van der Waals surface area contributed by atoms with E-state index in [0.717, 1.165) is 23.5 Å². The maximum Gasteiger partial charge on any atom is 0.146 e. The van der Waals surface area contributed by atoms with Crippen LogP contribution in [0.15, 0.2) is 18.2 Å². The first-order chi connectivity index (χ1) is 7.24. The molecule has 0 aromatic carbocycles. The molecule has 0 bridgehead atoms. The number of hydrogen-bond acceptors (Lipinski definition) is 3. The highest BCUT2D eigenvalue weighted by Crippen LogP contribution is 2.21. The summed E-state index contributed by atoms with van der Waals surface area (Å²) in [7, 11) is 0. The summed E-state index contributed by atoms with van der Waals surface area (Å²) in [6.45, 7) is 0. The van der Waals surface area contributed by atoms with Crippen LogP contribution in [-0.4, -0.2) is 21.4 Å². The molecule has 0 fully saturated rings. The van der Waals surface area contributed by atoms with Crippen LogP contribution >= 0.6 is 23.4 Å². The van der Waals surface area contributed by atoms with Crippen LogP contribution in [0.2, 0.25) is 5.15 Å². The SMILES string of the molecule is CSCCc1c(N)nc2cccc(Cl)n12. The predicted molar refractivity (Wildman–Crippen MR) is 66.7 cm³/mol. The van der Waals surface area contributed by atoms with Crippen molar-refractivity contribution in [3.8, 4) is 0 Å². The minimum atomic E-state index is 0.581. The van der Waals surface area contributed by atoms with Crippen LogP contribution in [0.3, 0.4) is 0 Å². The van der Waals surface area contributed by atoms with Gasteiger partial charge in [0.15, 0.2) is 0 Å². The van der Waals surface area contributed by atoms with Gasteiger partial charge in [-0.05, 0) is 24.1 Å². The highest BCUT2D eigenvalue weighted by molar-refractivity contribution is 7.98. The summed E-state index contributed by atoms with van der Waals surface area (Å²) in [4.78, 5) is 4.27. The van der Waals surface area contributed by atoms with Gasteiger partial charge in [0.05, 0.1) is 5.69 Å². The van der Waals surface area contributed by atoms with Crippen molar-refractivity contribution >= 4 is 34.8 Å². The Kier molecular flexibility index (Phi) is 3.07. The molecule has 0 spiro atoms. The molecule has 2 N–H and O–H groups in total. The summed E-state index contributed by atoms with van der Waals surface area (Å²) in [5.74, 6) is 1.60. The molecule has 5 heteroatoms. The second-order valence-electron chi connectivity index (χ2n) is 3.23. The molecule has 2 heterocycles. The average molecular weight is 242 g/mol. The number of fused-ring (bicyclic) bond motifs is 1. The van der Waals surface area contributed by atoms with Gasteiger partial charge in [0, 0.05) is 6.42 Å². The van der Waals surface area contributed by atoms with E-state index in [-0.39, 0.29) is 0 Å². The number of anilines is 1. The fraction of sp³-hybridized carbons (Fsp3) is 0.300. The molecule has 0 unspecified atom stereocenters. The Morgan fingerprint density at radius 1 is 1.53 bits per heavy atom. The monoisotopic (exact) mass is 241 g/mol. The van der Waals surface area contributed by atoms with E-state index in [9.17, 15) is 0 Å². The van der Waals surface area contributed by atoms with Gasteiger partial charge in [-0.25, -0.2) is 4.98 Å². The van der Waals surface area contributed by atoms with Gasteiger partial charge in [-0.1, -0.05) is 17.7 Å². The largest absolute Gasteiger partial charge is 0.382 e. The number of pyridine rings is 1. The number of nitrogen functional groups attached to an aromatic ring is 1. The highest BCUT2D eigenvalue weighted by atomic mass is 35.5. The zero-order valence-corrected chi connectivity index (χ0v) is 9.98. The van der Waals surface area contributed by atoms with E-state index in [1.165, 1.54) is 0 Å². The second kappa shape index (κ2) is 4.33. The van der Waals surface area contributed by atoms with E-state index in [1.54, 1.807) is 11.8 Å². The van der Waals surface area contributed by atoms with E-state index in [1.807, 2.05) is 22.6 Å². The first kappa shape index (κ1) is 10.6. The number of aromatic nitrogens is 2. The normalized spacial score (nSPS) is 11.1. The summed E-state index contributed by atoms with van der Waals surface area (Å²) in [6.07, 6.45) is 2.96. The topological polar surface area (TPSA) is 43.3 Å². The molecular formula is C10H12ClN3S. The van der Waals surface area contributed by atoms with Crippen LogP contribution in [-0.2, 0) is 6.42 Å². The van der Waals surface area contributed by atoms with Crippen LogP contribution in [0, 0.1) is 0 Å². The first-order valence-corrected chi connectivity index (χ1v) is 6.41. The first-order valence-electron chi connectivity index (χ1n) is 4.64. The van der Waals surface area contributed by atoms with Crippen molar-refractivity contribution in [1.82, 2.24) is 9.38 Å². The predicted octanol–water partition coefficient (Wildman–Crippen LogP) is 2.48. The summed E-state index contributed by atoms with van der Waals surface area (Å²) in [6, 6.07) is 5.63. The Labute approximate surface area is 97.6 Å². The van der Waals surface area contributed by atoms with Crippen molar-refractivity contribution < 1.29 is 0 Å². The van der Waals surface area contributed by atoms with Gasteiger partial charge in [0.2, 0.25) is 0 Å². The summed E-state index contributed by atoms with van der Waals surface area (Å²) in [5.41, 5.74) is 7.68. The number of halogens is 1. The van der Waals surface area contributed by atoms with Crippen molar-refractivity contribution in [2.24, 2.45) is 0 Å². The number of nitrogens with zero attached hydrogens (tertiary/aromatic N) is 2. The molecular weight excluding hydrogens is 230 g/mol. The number of aryl methyl sites for hydroxylation is 1. The lowest BCUT2D eigenvalue weighted by atomic mass is 10.3.